The van der Waals surface area contributed by atoms with Gasteiger partial charge < -0.3 is 14.6 Å². The number of furan rings is 1. The van der Waals surface area contributed by atoms with E-state index in [9.17, 15) is 28.2 Å². The van der Waals surface area contributed by atoms with E-state index < -0.39 is 39.7 Å². The van der Waals surface area contributed by atoms with E-state index in [1.807, 2.05) is 0 Å². The maximum absolute atomic E-state index is 14.8. The Labute approximate surface area is 285 Å². The summed E-state index contributed by atoms with van der Waals surface area (Å²) in [7, 11) is 0. The highest BCUT2D eigenvalue weighted by Crippen LogP contribution is 2.78. The number of alkyl halides is 3. The highest BCUT2D eigenvalue weighted by atomic mass is 35.5. The van der Waals surface area contributed by atoms with Crippen LogP contribution in [0.3, 0.4) is 0 Å². The zero-order valence-electron chi connectivity index (χ0n) is 26.6. The molecule has 8 unspecified atom stereocenters. The Morgan fingerprint density at radius 3 is 2.58 bits per heavy atom. The second kappa shape index (κ2) is 10.6. The number of carbonyl (C=O) groups is 1. The largest absolute Gasteiger partial charge is 0.453 e. The number of aromatic amines is 1. The molecule has 0 saturated heterocycles. The first-order valence-electron chi connectivity index (χ1n) is 16.5. The van der Waals surface area contributed by atoms with Crippen LogP contribution < -0.4 is 0 Å². The molecule has 0 aliphatic heterocycles. The minimum absolute atomic E-state index is 0.0228. The number of ketones is 1. The van der Waals surface area contributed by atoms with Crippen molar-refractivity contribution >= 4 is 29.1 Å². The Hall–Kier alpha value is -2.86. The van der Waals surface area contributed by atoms with Crippen molar-refractivity contribution in [3.63, 3.8) is 0 Å². The number of halogens is 4. The number of hydrogen-bond donors (Lipinski definition) is 3. The van der Waals surface area contributed by atoms with E-state index in [1.54, 1.807) is 0 Å². The summed E-state index contributed by atoms with van der Waals surface area (Å²) in [4.78, 5) is 19.1. The number of rotatable bonds is 6. The monoisotopic (exact) mass is 699 g/mol. The number of hydrogen-bond acceptors (Lipinski definition) is 7. The van der Waals surface area contributed by atoms with Crippen LogP contribution in [-0.4, -0.2) is 48.6 Å². The molecule has 7 nitrogen and oxygen atoms in total. The smallest absolute Gasteiger partial charge is 0.416 e. The quantitative estimate of drug-likeness (QED) is 0.135. The molecule has 2 heterocycles. The number of carbonyl (C=O) groups excluding carboxylic acids is 1. The van der Waals surface area contributed by atoms with E-state index >= 15 is 0 Å². The molecular formula is C36H37ClF3N3O4S. The maximum Gasteiger partial charge on any atom is 0.416 e. The lowest BCUT2D eigenvalue weighted by Crippen LogP contribution is -2.67. The van der Waals surface area contributed by atoms with Crippen molar-refractivity contribution in [2.75, 3.05) is 5.75 Å². The molecule has 48 heavy (non-hydrogen) atoms. The molecule has 2 bridgehead atoms. The fraction of sp³-hybridized carbons (Fsp3) is 0.528. The van der Waals surface area contributed by atoms with Crippen LogP contribution in [0.1, 0.15) is 74.9 Å². The van der Waals surface area contributed by atoms with Gasteiger partial charge in [0.25, 0.3) is 0 Å². The first-order valence-corrected chi connectivity index (χ1v) is 17.9. The summed E-state index contributed by atoms with van der Waals surface area (Å²) in [6, 6.07) is 6.04. The van der Waals surface area contributed by atoms with Gasteiger partial charge in [-0.25, -0.2) is 4.98 Å². The van der Waals surface area contributed by atoms with Crippen LogP contribution in [0.25, 0.3) is 11.3 Å². The Morgan fingerprint density at radius 1 is 1.08 bits per heavy atom. The Bertz CT molecular complexity index is 1860. The zero-order valence-corrected chi connectivity index (χ0v) is 28.2. The fourth-order valence-electron chi connectivity index (χ4n) is 10.7. The van der Waals surface area contributed by atoms with Crippen molar-refractivity contribution in [3.05, 3.63) is 76.8 Å². The molecule has 3 saturated carbocycles. The summed E-state index contributed by atoms with van der Waals surface area (Å²) in [5.41, 5.74) is -3.21. The summed E-state index contributed by atoms with van der Waals surface area (Å²) in [6.45, 7) is 4.47. The highest BCUT2D eigenvalue weighted by molar-refractivity contribution is 7.99. The summed E-state index contributed by atoms with van der Waals surface area (Å²) in [6.07, 6.45) is 7.79. The van der Waals surface area contributed by atoms with E-state index in [1.165, 1.54) is 36.3 Å². The average molecular weight is 700 g/mol. The number of nitrogens with zero attached hydrogens (tertiary/aromatic N) is 2. The SMILES string of the molecule is CC12CCC(O)CC13C=CC1(C(C(=O)c4ccc(-c5cc(C(F)(F)F)ccc5Cl)o4)=C3)C2CCC2(C)C1CCC2(O)CSc1ncn[nH]1. The summed E-state index contributed by atoms with van der Waals surface area (Å²) >= 11 is 7.78. The van der Waals surface area contributed by atoms with Crippen molar-refractivity contribution in [1.82, 2.24) is 15.2 Å². The average Bonchev–Trinajstić information content (AvgIpc) is 3.80. The molecular weight excluding hydrogens is 663 g/mol. The third-order valence-electron chi connectivity index (χ3n) is 13.2. The van der Waals surface area contributed by atoms with Gasteiger partial charge in [0.05, 0.1) is 22.3 Å². The van der Waals surface area contributed by atoms with Crippen molar-refractivity contribution in [1.29, 1.82) is 0 Å². The lowest BCUT2D eigenvalue weighted by molar-refractivity contribution is -0.166. The van der Waals surface area contributed by atoms with Gasteiger partial charge in [-0.1, -0.05) is 55.4 Å². The number of aliphatic hydroxyl groups is 2. The van der Waals surface area contributed by atoms with E-state index in [4.69, 9.17) is 16.0 Å². The van der Waals surface area contributed by atoms with Gasteiger partial charge in [-0.05, 0) is 92.5 Å². The third kappa shape index (κ3) is 4.32. The second-order valence-electron chi connectivity index (χ2n) is 15.1. The second-order valence-corrected chi connectivity index (χ2v) is 16.4. The molecule has 0 radical (unpaired) electrons. The van der Waals surface area contributed by atoms with Gasteiger partial charge in [0, 0.05) is 33.1 Å². The number of aromatic nitrogens is 3. The van der Waals surface area contributed by atoms with Crippen LogP contribution in [0.4, 0.5) is 13.2 Å². The normalized spacial score (nSPS) is 38.3. The van der Waals surface area contributed by atoms with Crippen molar-refractivity contribution in [2.45, 2.75) is 81.8 Å². The number of thioether (sulfide) groups is 1. The number of aliphatic hydroxyl groups excluding tert-OH is 1. The molecule has 12 heteroatoms. The molecule has 2 spiro atoms. The van der Waals surface area contributed by atoms with Crippen LogP contribution in [0, 0.1) is 33.5 Å². The Morgan fingerprint density at radius 2 is 1.83 bits per heavy atom. The molecule has 254 valence electrons. The molecule has 3 fully saturated rings. The van der Waals surface area contributed by atoms with E-state index in [-0.39, 0.29) is 45.1 Å². The third-order valence-corrected chi connectivity index (χ3v) is 14.6. The number of benzene rings is 1. The van der Waals surface area contributed by atoms with Crippen LogP contribution in [0.2, 0.25) is 5.02 Å². The number of Topliss-reactive ketones (excluding diaryl/α,β-unsaturated/α-hetero) is 1. The molecule has 2 aromatic heterocycles. The van der Waals surface area contributed by atoms with Crippen molar-refractivity contribution < 1.29 is 32.6 Å². The predicted molar refractivity (Wildman–Crippen MR) is 174 cm³/mol. The molecule has 6 aliphatic carbocycles. The molecule has 0 amide bonds. The highest BCUT2D eigenvalue weighted by Gasteiger charge is 2.74. The topological polar surface area (TPSA) is 112 Å². The minimum atomic E-state index is -4.57. The molecule has 1 aromatic carbocycles. The number of H-pyrrole nitrogens is 1. The first-order chi connectivity index (χ1) is 22.7. The van der Waals surface area contributed by atoms with Gasteiger partial charge in [0.15, 0.2) is 10.9 Å². The molecule has 6 aliphatic rings. The van der Waals surface area contributed by atoms with Crippen LogP contribution in [0.5, 0.6) is 0 Å². The fourth-order valence-corrected chi connectivity index (χ4v) is 12.0. The zero-order chi connectivity index (χ0) is 33.9. The number of fused-ring (bicyclic) bond motifs is 1. The summed E-state index contributed by atoms with van der Waals surface area (Å²) in [5.74, 6) is 0.223. The minimum Gasteiger partial charge on any atom is -0.453 e. The number of nitrogens with one attached hydrogen (secondary N) is 1. The van der Waals surface area contributed by atoms with Gasteiger partial charge in [-0.3, -0.25) is 9.89 Å². The maximum atomic E-state index is 14.8. The van der Waals surface area contributed by atoms with Crippen LogP contribution in [-0.2, 0) is 6.18 Å². The van der Waals surface area contributed by atoms with Gasteiger partial charge in [0.1, 0.15) is 12.1 Å². The van der Waals surface area contributed by atoms with Gasteiger partial charge in [0.2, 0.25) is 5.78 Å². The lowest BCUT2D eigenvalue weighted by atomic mass is 9.32. The summed E-state index contributed by atoms with van der Waals surface area (Å²) < 4.78 is 46.7. The van der Waals surface area contributed by atoms with E-state index in [2.05, 4.69) is 47.3 Å². The van der Waals surface area contributed by atoms with Gasteiger partial charge in [-0.2, -0.15) is 18.3 Å². The summed E-state index contributed by atoms with van der Waals surface area (Å²) in [5, 5.41) is 30.9. The van der Waals surface area contributed by atoms with Gasteiger partial charge >= 0.3 is 6.18 Å². The standard InChI is InChI=1S/C36H37ClF3N3O4S/c1-31-10-7-21(44)16-33(31)13-14-35(27(31)8-11-32(2)28(35)9-12-34(32,46)18-48-30-41-19-42-43-30)23(17-33)29(45)26-6-5-25(47-26)22-15-20(36(38,39)40)3-4-24(22)37/h3-6,13-15,17,19,21,27-28,44,46H,7-12,16,18H2,1-2H3,(H,41,42,43). The van der Waals surface area contributed by atoms with Crippen molar-refractivity contribution in [2.24, 2.45) is 33.5 Å². The molecule has 3 aromatic rings. The number of allylic oxidation sites excluding steroid dienone is 4. The Kier molecular flexibility index (Phi) is 7.13. The molecule has 3 N–H and O–H groups in total. The van der Waals surface area contributed by atoms with Crippen LogP contribution in [0.15, 0.2) is 70.0 Å². The lowest BCUT2D eigenvalue weighted by Gasteiger charge is -2.71. The van der Waals surface area contributed by atoms with E-state index in [0.29, 0.717) is 42.2 Å². The Balaban J connectivity index is 1.22. The molecule has 8 atom stereocenters. The first kappa shape index (κ1) is 32.4. The van der Waals surface area contributed by atoms with Crippen molar-refractivity contribution in [3.8, 4) is 11.3 Å². The van der Waals surface area contributed by atoms with Gasteiger partial charge in [-0.15, -0.1) is 0 Å². The predicted octanol–water partition coefficient (Wildman–Crippen LogP) is 8.30. The molecule has 9 rings (SSSR count). The van der Waals surface area contributed by atoms with E-state index in [0.717, 1.165) is 31.4 Å². The van der Waals surface area contributed by atoms with Crippen LogP contribution >= 0.6 is 23.4 Å².